The third-order valence-corrected chi connectivity index (χ3v) is 5.07. The summed E-state index contributed by atoms with van der Waals surface area (Å²) in [6.45, 7) is 4.40. The Balaban J connectivity index is -0.000000419. The molecule has 0 aliphatic heterocycles. The van der Waals surface area contributed by atoms with Crippen LogP contribution in [0, 0.1) is 44.6 Å². The van der Waals surface area contributed by atoms with Gasteiger partial charge < -0.3 is 39.7 Å². The number of unbranched alkanes of at least 4 members (excludes halogenated alkanes) is 4. The summed E-state index contributed by atoms with van der Waals surface area (Å²) >= 11 is 0. The molecule has 0 fully saturated rings. The van der Waals surface area contributed by atoms with Crippen molar-refractivity contribution in [2.75, 3.05) is 0 Å². The van der Waals surface area contributed by atoms with E-state index in [0.29, 0.717) is 0 Å². The number of hydrogen-bond donors (Lipinski definition) is 0. The minimum Gasteiger partial charge on any atom is -1.00 e. The molecule has 0 atom stereocenters. The average molecular weight is 599 g/mol. The van der Waals surface area contributed by atoms with Crippen LogP contribution in [-0.4, -0.2) is 0 Å². The van der Waals surface area contributed by atoms with E-state index in [1.807, 2.05) is 12.2 Å². The third kappa shape index (κ3) is 13.1. The molecular weight excluding hydrogens is 558 g/mol. The van der Waals surface area contributed by atoms with Gasteiger partial charge in [-0.3, -0.25) is 6.08 Å². The van der Waals surface area contributed by atoms with Gasteiger partial charge in [0.1, 0.15) is 0 Å². The van der Waals surface area contributed by atoms with Gasteiger partial charge in [0.25, 0.3) is 0 Å². The van der Waals surface area contributed by atoms with Gasteiger partial charge in [-0.05, 0) is 24.0 Å². The van der Waals surface area contributed by atoms with Crippen LogP contribution >= 0.6 is 0 Å². The first-order valence-corrected chi connectivity index (χ1v) is 11.1. The molecular formula is C33H40Cl2Zr-4. The van der Waals surface area contributed by atoms with Crippen LogP contribution in [0.25, 0.3) is 21.5 Å². The van der Waals surface area contributed by atoms with Gasteiger partial charge >= 0.3 is 26.2 Å². The van der Waals surface area contributed by atoms with Crippen LogP contribution in [0.1, 0.15) is 77.3 Å². The van der Waals surface area contributed by atoms with Crippen LogP contribution < -0.4 is 24.8 Å². The molecule has 4 rings (SSSR count). The molecule has 0 saturated heterocycles. The summed E-state index contributed by atoms with van der Waals surface area (Å²) < 4.78 is 0. The second-order valence-electron chi connectivity index (χ2n) is 7.56. The predicted molar refractivity (Wildman–Crippen MR) is 151 cm³/mol. The Morgan fingerprint density at radius 3 is 1.61 bits per heavy atom. The minimum atomic E-state index is 0. The molecule has 0 aromatic heterocycles. The van der Waals surface area contributed by atoms with Gasteiger partial charge in [-0.15, -0.1) is 46.2 Å². The smallest absolute Gasteiger partial charge is 1.00 e. The Bertz CT molecular complexity index is 1070. The molecule has 0 nitrogen and oxygen atoms in total. The normalized spacial score (nSPS) is 9.61. The number of allylic oxidation sites excluding steroid dienone is 4. The zero-order valence-corrected chi connectivity index (χ0v) is 25.4. The topological polar surface area (TPSA) is 0 Å². The van der Waals surface area contributed by atoms with E-state index in [9.17, 15) is 0 Å². The van der Waals surface area contributed by atoms with Gasteiger partial charge in [-0.25, -0.2) is 12.2 Å². The van der Waals surface area contributed by atoms with Crippen molar-refractivity contribution in [1.29, 1.82) is 0 Å². The zero-order valence-electron chi connectivity index (χ0n) is 21.5. The van der Waals surface area contributed by atoms with Gasteiger partial charge in [0.05, 0.1) is 0 Å². The summed E-state index contributed by atoms with van der Waals surface area (Å²) in [5, 5.41) is 5.15. The maximum atomic E-state index is 3.29. The number of rotatable bonds is 4. The summed E-state index contributed by atoms with van der Waals surface area (Å²) in [5.41, 5.74) is 2.22. The Kier molecular flexibility index (Phi) is 27.4. The maximum absolute atomic E-state index is 3.29. The molecule has 0 bridgehead atoms. The van der Waals surface area contributed by atoms with Crippen molar-refractivity contribution in [1.82, 2.24) is 0 Å². The number of fused-ring (bicyclic) bond motifs is 3. The van der Waals surface area contributed by atoms with Gasteiger partial charge in [-0.2, -0.15) is 6.08 Å². The largest absolute Gasteiger partial charge is 2.00 e. The molecule has 0 heterocycles. The molecule has 0 amide bonds. The molecule has 1 aliphatic rings. The fourth-order valence-electron chi connectivity index (χ4n) is 3.38. The predicted octanol–water partition coefficient (Wildman–Crippen LogP) is 3.64. The molecule has 0 unspecified atom stereocenters. The average Bonchev–Trinajstić information content (AvgIpc) is 3.45. The number of hydrogen-bond acceptors (Lipinski definition) is 0. The summed E-state index contributed by atoms with van der Waals surface area (Å²) in [7, 11) is 0. The molecule has 0 radical (unpaired) electrons. The van der Waals surface area contributed by atoms with Gasteiger partial charge in [-0.1, -0.05) is 82.1 Å². The Labute approximate surface area is 253 Å². The summed E-state index contributed by atoms with van der Waals surface area (Å²) in [4.78, 5) is 0. The second-order valence-corrected chi connectivity index (χ2v) is 7.56. The SMILES string of the molecule is C.CCCCC#Cc1ccc2c(c1)[cH-]c1cc(C#CCCCC)ccc12.[C-]1=CC=CC1.[CH3-].[CH3-].[Cl-].[Cl-].[Zr+2]. The Morgan fingerprint density at radius 2 is 1.28 bits per heavy atom. The van der Waals surface area contributed by atoms with Crippen LogP contribution in [0.4, 0.5) is 0 Å². The first-order valence-electron chi connectivity index (χ1n) is 11.1. The number of benzene rings is 2. The van der Waals surface area contributed by atoms with Crippen LogP contribution in [0.2, 0.25) is 0 Å². The fraction of sp³-hybridized carbons (Fsp3) is 0.303. The van der Waals surface area contributed by atoms with E-state index in [1.165, 1.54) is 47.2 Å². The monoisotopic (exact) mass is 596 g/mol. The first-order chi connectivity index (χ1) is 14.8. The van der Waals surface area contributed by atoms with Crippen molar-refractivity contribution < 1.29 is 51.0 Å². The molecule has 0 saturated carbocycles. The van der Waals surface area contributed by atoms with Crippen molar-refractivity contribution in [3.05, 3.63) is 92.7 Å². The van der Waals surface area contributed by atoms with Gasteiger partial charge in [0, 0.05) is 12.8 Å². The maximum Gasteiger partial charge on any atom is 2.00 e. The molecule has 3 aromatic rings. The van der Waals surface area contributed by atoms with Gasteiger partial charge in [0.15, 0.2) is 0 Å². The molecule has 36 heavy (non-hydrogen) atoms. The fourth-order valence-corrected chi connectivity index (χ4v) is 3.38. The zero-order chi connectivity index (χ0) is 21.0. The van der Waals surface area contributed by atoms with E-state index in [-0.39, 0.29) is 73.3 Å². The molecule has 194 valence electrons. The Morgan fingerprint density at radius 1 is 0.806 bits per heavy atom. The third-order valence-electron chi connectivity index (χ3n) is 5.07. The van der Waals surface area contributed by atoms with Crippen molar-refractivity contribution in [3.63, 3.8) is 0 Å². The van der Waals surface area contributed by atoms with Crippen molar-refractivity contribution in [2.24, 2.45) is 0 Å². The van der Waals surface area contributed by atoms with E-state index in [0.717, 1.165) is 30.4 Å². The minimum absolute atomic E-state index is 0. The van der Waals surface area contributed by atoms with Gasteiger partial charge in [0.2, 0.25) is 0 Å². The first kappa shape index (κ1) is 41.5. The quantitative estimate of drug-likeness (QED) is 0.245. The molecule has 3 aromatic carbocycles. The standard InChI is InChI=1S/C25H25.C5H5.CH4.2CH3.2ClH.Zr/c1-3-5-7-9-11-20-13-15-24-22(17-20)19-23-18-21(14-16-25(23)24)12-10-8-6-4-2;1-2-4-5-3-1;;;;;;/h13-19H,3-8H2,1-2H3;1-3H,4H2;1H4;2*1H3;2*1H;/q2*-1;;2*-1;;;+2/p-2. The van der Waals surface area contributed by atoms with E-state index in [4.69, 9.17) is 0 Å². The summed E-state index contributed by atoms with van der Waals surface area (Å²) in [6.07, 6.45) is 16.7. The van der Waals surface area contributed by atoms with Crippen molar-refractivity contribution in [3.8, 4) is 23.7 Å². The molecule has 0 spiro atoms. The molecule has 0 N–H and O–H groups in total. The molecule has 3 heteroatoms. The van der Waals surface area contributed by atoms with E-state index in [1.54, 1.807) is 0 Å². The van der Waals surface area contributed by atoms with E-state index < -0.39 is 0 Å². The van der Waals surface area contributed by atoms with Crippen LogP contribution in [0.5, 0.6) is 0 Å². The van der Waals surface area contributed by atoms with Crippen LogP contribution in [0.15, 0.2) is 60.7 Å². The van der Waals surface area contributed by atoms with E-state index >= 15 is 0 Å². The van der Waals surface area contributed by atoms with Crippen molar-refractivity contribution >= 4 is 21.5 Å². The molecule has 1 aliphatic carbocycles. The van der Waals surface area contributed by atoms with E-state index in [2.05, 4.69) is 92.1 Å². The number of halogens is 2. The second kappa shape index (κ2) is 23.8. The van der Waals surface area contributed by atoms with Crippen LogP contribution in [0.3, 0.4) is 0 Å². The summed E-state index contributed by atoms with van der Waals surface area (Å²) in [6, 6.07) is 15.4. The Hall–Kier alpha value is -1.63. The van der Waals surface area contributed by atoms with Crippen LogP contribution in [-0.2, 0) is 26.2 Å². The summed E-state index contributed by atoms with van der Waals surface area (Å²) in [5.74, 6) is 13.1. The van der Waals surface area contributed by atoms with Crippen molar-refractivity contribution in [2.45, 2.75) is 66.2 Å².